The molecule has 0 radical (unpaired) electrons. The molecular formula is C12H15N3OS. The Morgan fingerprint density at radius 3 is 3.06 bits per heavy atom. The van der Waals surface area contributed by atoms with Crippen LogP contribution in [-0.4, -0.2) is 26.7 Å². The van der Waals surface area contributed by atoms with Gasteiger partial charge in [0.25, 0.3) is 0 Å². The molecule has 0 aliphatic carbocycles. The average molecular weight is 249 g/mol. The van der Waals surface area contributed by atoms with Crippen LogP contribution < -0.4 is 0 Å². The van der Waals surface area contributed by atoms with Gasteiger partial charge in [-0.2, -0.15) is 0 Å². The topological polar surface area (TPSA) is 50.9 Å². The van der Waals surface area contributed by atoms with Crippen LogP contribution in [0.25, 0.3) is 12.2 Å². The first-order chi connectivity index (χ1) is 8.38. The second-order valence-electron chi connectivity index (χ2n) is 3.69. The van der Waals surface area contributed by atoms with E-state index in [0.29, 0.717) is 0 Å². The van der Waals surface area contributed by atoms with Crippen molar-refractivity contribution >= 4 is 23.5 Å². The number of unbranched alkanes of at least 4 members (excludes halogenated alkanes) is 1. The summed E-state index contributed by atoms with van der Waals surface area (Å²) < 4.78 is 1.81. The molecule has 0 aromatic carbocycles. The normalized spacial score (nSPS) is 11.4. The Kier molecular flexibility index (Phi) is 4.46. The van der Waals surface area contributed by atoms with Crippen LogP contribution in [0.5, 0.6) is 0 Å². The number of aryl methyl sites for hydroxylation is 1. The summed E-state index contributed by atoms with van der Waals surface area (Å²) in [5.41, 5.74) is 0.863. The molecule has 0 spiro atoms. The van der Waals surface area contributed by atoms with Crippen molar-refractivity contribution in [3.8, 4) is 0 Å². The van der Waals surface area contributed by atoms with Crippen molar-refractivity contribution in [1.29, 1.82) is 0 Å². The first-order valence-electron chi connectivity index (χ1n) is 5.61. The molecular weight excluding hydrogens is 234 g/mol. The molecule has 4 nitrogen and oxygen atoms in total. The van der Waals surface area contributed by atoms with Gasteiger partial charge >= 0.3 is 0 Å². The lowest BCUT2D eigenvalue weighted by atomic mass is 10.3. The fourth-order valence-electron chi connectivity index (χ4n) is 1.44. The highest BCUT2D eigenvalue weighted by molar-refractivity contribution is 7.10. The van der Waals surface area contributed by atoms with E-state index >= 15 is 0 Å². The lowest BCUT2D eigenvalue weighted by molar-refractivity contribution is 0.280. The van der Waals surface area contributed by atoms with E-state index in [9.17, 15) is 0 Å². The Hall–Kier alpha value is -1.46. The minimum atomic E-state index is 0.236. The van der Waals surface area contributed by atoms with Gasteiger partial charge in [-0.3, -0.25) is 4.68 Å². The van der Waals surface area contributed by atoms with Crippen LogP contribution in [0.15, 0.2) is 23.7 Å². The van der Waals surface area contributed by atoms with Crippen molar-refractivity contribution in [3.63, 3.8) is 0 Å². The highest BCUT2D eigenvalue weighted by Crippen LogP contribution is 2.12. The van der Waals surface area contributed by atoms with Crippen molar-refractivity contribution < 1.29 is 5.11 Å². The predicted octanol–water partition coefficient (Wildman–Crippen LogP) is 2.28. The first kappa shape index (κ1) is 12.0. The number of aliphatic hydroxyl groups is 1. The Morgan fingerprint density at radius 2 is 2.29 bits per heavy atom. The number of hydrogen-bond acceptors (Lipinski definition) is 4. The zero-order chi connectivity index (χ0) is 11.9. The molecule has 0 saturated carbocycles. The fraction of sp³-hybridized carbons (Fsp3) is 0.333. The molecule has 2 aromatic heterocycles. The van der Waals surface area contributed by atoms with Crippen LogP contribution in [0.1, 0.15) is 23.4 Å². The summed E-state index contributed by atoms with van der Waals surface area (Å²) in [7, 11) is 0. The summed E-state index contributed by atoms with van der Waals surface area (Å²) in [4.78, 5) is 1.21. The minimum Gasteiger partial charge on any atom is -0.396 e. The van der Waals surface area contributed by atoms with E-state index in [0.717, 1.165) is 25.1 Å². The number of thiophene rings is 1. The molecule has 2 aromatic rings. The van der Waals surface area contributed by atoms with Crippen molar-refractivity contribution in [1.82, 2.24) is 15.0 Å². The number of nitrogens with zero attached hydrogens (tertiary/aromatic N) is 3. The van der Waals surface area contributed by atoms with E-state index in [1.165, 1.54) is 4.88 Å². The van der Waals surface area contributed by atoms with Crippen molar-refractivity contribution in [3.05, 3.63) is 34.3 Å². The zero-order valence-electron chi connectivity index (χ0n) is 9.49. The van der Waals surface area contributed by atoms with Crippen LogP contribution in [0.4, 0.5) is 0 Å². The Labute approximate surface area is 104 Å². The van der Waals surface area contributed by atoms with Crippen LogP contribution in [0.3, 0.4) is 0 Å². The summed E-state index contributed by atoms with van der Waals surface area (Å²) in [6.07, 6.45) is 7.64. The number of aliphatic hydroxyl groups excluding tert-OH is 1. The summed E-state index contributed by atoms with van der Waals surface area (Å²) in [6, 6.07) is 4.09. The number of hydrogen-bond donors (Lipinski definition) is 1. The number of rotatable bonds is 6. The van der Waals surface area contributed by atoms with E-state index in [4.69, 9.17) is 5.11 Å². The third-order valence-corrected chi connectivity index (χ3v) is 3.15. The summed E-state index contributed by atoms with van der Waals surface area (Å²) >= 11 is 1.70. The summed E-state index contributed by atoms with van der Waals surface area (Å²) in [5.74, 6) is 0. The molecule has 0 unspecified atom stereocenters. The second kappa shape index (κ2) is 6.32. The Morgan fingerprint density at radius 1 is 1.35 bits per heavy atom. The highest BCUT2D eigenvalue weighted by Gasteiger charge is 1.97. The van der Waals surface area contributed by atoms with Gasteiger partial charge in [-0.15, -0.1) is 16.4 Å². The van der Waals surface area contributed by atoms with Gasteiger partial charge in [-0.25, -0.2) is 0 Å². The molecule has 5 heteroatoms. The summed E-state index contributed by atoms with van der Waals surface area (Å²) in [6.45, 7) is 1.04. The fourth-order valence-corrected chi connectivity index (χ4v) is 2.06. The molecule has 0 amide bonds. The zero-order valence-corrected chi connectivity index (χ0v) is 10.3. The van der Waals surface area contributed by atoms with Crippen LogP contribution >= 0.6 is 11.3 Å². The molecule has 0 saturated heterocycles. The molecule has 0 aliphatic rings. The molecule has 17 heavy (non-hydrogen) atoms. The van der Waals surface area contributed by atoms with E-state index in [-0.39, 0.29) is 6.61 Å². The molecule has 2 rings (SSSR count). The van der Waals surface area contributed by atoms with Gasteiger partial charge in [-0.05, 0) is 36.4 Å². The standard InChI is InChI=1S/C12H15N3OS/c16-8-2-1-7-15-10-11(13-14-15)5-6-12-4-3-9-17-12/h3-6,9-10,16H,1-2,7-8H2/b6-5-. The van der Waals surface area contributed by atoms with E-state index in [2.05, 4.69) is 16.4 Å². The highest BCUT2D eigenvalue weighted by atomic mass is 32.1. The van der Waals surface area contributed by atoms with Crippen molar-refractivity contribution in [2.24, 2.45) is 0 Å². The lowest BCUT2D eigenvalue weighted by Gasteiger charge is -1.96. The molecule has 0 aliphatic heterocycles. The minimum absolute atomic E-state index is 0.236. The maximum absolute atomic E-state index is 8.68. The van der Waals surface area contributed by atoms with Gasteiger partial charge in [0, 0.05) is 18.0 Å². The monoisotopic (exact) mass is 249 g/mol. The molecule has 0 fully saturated rings. The average Bonchev–Trinajstić information content (AvgIpc) is 2.98. The molecule has 90 valence electrons. The van der Waals surface area contributed by atoms with Gasteiger partial charge in [0.05, 0.1) is 6.20 Å². The van der Waals surface area contributed by atoms with E-state index in [1.807, 2.05) is 34.5 Å². The number of aromatic nitrogens is 3. The maximum Gasteiger partial charge on any atom is 0.105 e. The quantitative estimate of drug-likeness (QED) is 0.799. The van der Waals surface area contributed by atoms with Crippen LogP contribution in [0.2, 0.25) is 0 Å². The second-order valence-corrected chi connectivity index (χ2v) is 4.67. The molecule has 2 heterocycles. The van der Waals surface area contributed by atoms with Gasteiger partial charge in [-0.1, -0.05) is 11.3 Å². The van der Waals surface area contributed by atoms with Gasteiger partial charge in [0.2, 0.25) is 0 Å². The van der Waals surface area contributed by atoms with Crippen LogP contribution in [0, 0.1) is 0 Å². The van der Waals surface area contributed by atoms with Crippen LogP contribution in [-0.2, 0) is 6.54 Å². The lowest BCUT2D eigenvalue weighted by Crippen LogP contribution is -1.99. The first-order valence-corrected chi connectivity index (χ1v) is 6.49. The third kappa shape index (κ3) is 3.80. The largest absolute Gasteiger partial charge is 0.396 e. The van der Waals surface area contributed by atoms with E-state index in [1.54, 1.807) is 11.3 Å². The predicted molar refractivity (Wildman–Crippen MR) is 69.6 cm³/mol. The molecule has 0 bridgehead atoms. The van der Waals surface area contributed by atoms with E-state index < -0.39 is 0 Å². The van der Waals surface area contributed by atoms with Gasteiger partial charge in [0.1, 0.15) is 5.69 Å². The maximum atomic E-state index is 8.68. The third-order valence-electron chi connectivity index (χ3n) is 2.31. The van der Waals surface area contributed by atoms with Crippen molar-refractivity contribution in [2.75, 3.05) is 6.61 Å². The van der Waals surface area contributed by atoms with Crippen molar-refractivity contribution in [2.45, 2.75) is 19.4 Å². The molecule has 0 atom stereocenters. The summed E-state index contributed by atoms with van der Waals surface area (Å²) in [5, 5.41) is 18.8. The molecule has 1 N–H and O–H groups in total. The SMILES string of the molecule is OCCCCn1cc(/C=C\c2cccs2)nn1. The van der Waals surface area contributed by atoms with Gasteiger partial charge in [0.15, 0.2) is 0 Å². The Balaban J connectivity index is 1.89. The Bertz CT molecular complexity index is 462. The smallest absolute Gasteiger partial charge is 0.105 e. The van der Waals surface area contributed by atoms with Gasteiger partial charge < -0.3 is 5.11 Å².